The van der Waals surface area contributed by atoms with Crippen LogP contribution in [0.2, 0.25) is 0 Å². The standard InChI is InChI=1S/C16H20N2O3/c19-8-6-11-5-7-18(10-11)16(21)13-1-3-14-12(9-13)2-4-15(20)17-14/h1,3,9,11,19H,2,4-8,10H2,(H,17,20). The molecule has 112 valence electrons. The van der Waals surface area contributed by atoms with E-state index in [9.17, 15) is 9.59 Å². The molecule has 0 saturated carbocycles. The summed E-state index contributed by atoms with van der Waals surface area (Å²) < 4.78 is 0. The second kappa shape index (κ2) is 5.85. The lowest BCUT2D eigenvalue weighted by Gasteiger charge is -2.20. The fourth-order valence-corrected chi connectivity index (χ4v) is 3.13. The highest BCUT2D eigenvalue weighted by Crippen LogP contribution is 2.26. The van der Waals surface area contributed by atoms with Crippen molar-refractivity contribution in [2.45, 2.75) is 25.7 Å². The summed E-state index contributed by atoms with van der Waals surface area (Å²) in [5, 5.41) is 11.8. The topological polar surface area (TPSA) is 69.6 Å². The number of nitrogens with zero attached hydrogens (tertiary/aromatic N) is 1. The summed E-state index contributed by atoms with van der Waals surface area (Å²) in [4.78, 5) is 25.7. The fourth-order valence-electron chi connectivity index (χ4n) is 3.13. The lowest BCUT2D eigenvalue weighted by Crippen LogP contribution is -2.29. The van der Waals surface area contributed by atoms with E-state index in [1.807, 2.05) is 17.0 Å². The highest BCUT2D eigenvalue weighted by atomic mass is 16.3. The molecule has 5 heteroatoms. The minimum absolute atomic E-state index is 0.0352. The zero-order valence-electron chi connectivity index (χ0n) is 12.0. The van der Waals surface area contributed by atoms with Gasteiger partial charge in [0.1, 0.15) is 0 Å². The minimum atomic E-state index is 0.0352. The van der Waals surface area contributed by atoms with Crippen LogP contribution in [0.15, 0.2) is 18.2 Å². The molecule has 2 aliphatic rings. The molecule has 0 radical (unpaired) electrons. The van der Waals surface area contributed by atoms with Gasteiger partial charge in [-0.05, 0) is 48.9 Å². The fraction of sp³-hybridized carbons (Fsp3) is 0.500. The van der Waals surface area contributed by atoms with Gasteiger partial charge in [-0.25, -0.2) is 0 Å². The first-order chi connectivity index (χ1) is 10.2. The van der Waals surface area contributed by atoms with E-state index in [1.54, 1.807) is 6.07 Å². The van der Waals surface area contributed by atoms with Crippen LogP contribution >= 0.6 is 0 Å². The molecule has 1 fully saturated rings. The molecule has 2 N–H and O–H groups in total. The van der Waals surface area contributed by atoms with Gasteiger partial charge in [-0.3, -0.25) is 9.59 Å². The maximum absolute atomic E-state index is 12.5. The summed E-state index contributed by atoms with van der Waals surface area (Å²) in [5.41, 5.74) is 2.54. The molecule has 1 aromatic rings. The molecule has 0 spiro atoms. The predicted octanol–water partition coefficient (Wildman–Crippen LogP) is 1.42. The normalized spacial score (nSPS) is 21.1. The van der Waals surface area contributed by atoms with Gasteiger partial charge in [0.2, 0.25) is 5.91 Å². The number of anilines is 1. The van der Waals surface area contributed by atoms with Crippen molar-refractivity contribution in [2.24, 2.45) is 5.92 Å². The van der Waals surface area contributed by atoms with E-state index >= 15 is 0 Å². The molecule has 21 heavy (non-hydrogen) atoms. The van der Waals surface area contributed by atoms with Crippen LogP contribution in [0.4, 0.5) is 5.69 Å². The second-order valence-corrected chi connectivity index (χ2v) is 5.84. The van der Waals surface area contributed by atoms with E-state index in [2.05, 4.69) is 5.32 Å². The number of carbonyl (C=O) groups excluding carboxylic acids is 2. The zero-order chi connectivity index (χ0) is 14.8. The number of hydrogen-bond acceptors (Lipinski definition) is 3. The first-order valence-electron chi connectivity index (χ1n) is 7.50. The highest BCUT2D eigenvalue weighted by molar-refractivity contribution is 5.98. The third-order valence-corrected chi connectivity index (χ3v) is 4.36. The van der Waals surface area contributed by atoms with E-state index < -0.39 is 0 Å². The zero-order valence-corrected chi connectivity index (χ0v) is 12.0. The largest absolute Gasteiger partial charge is 0.396 e. The van der Waals surface area contributed by atoms with Crippen LogP contribution in [0.5, 0.6) is 0 Å². The van der Waals surface area contributed by atoms with Gasteiger partial charge in [-0.1, -0.05) is 0 Å². The second-order valence-electron chi connectivity index (χ2n) is 5.84. The van der Waals surface area contributed by atoms with Gasteiger partial charge < -0.3 is 15.3 Å². The number of fused-ring (bicyclic) bond motifs is 1. The molecule has 0 bridgehead atoms. The lowest BCUT2D eigenvalue weighted by atomic mass is 10.00. The third kappa shape index (κ3) is 2.93. The SMILES string of the molecule is O=C1CCc2cc(C(=O)N3CCC(CCO)C3)ccc2N1. The van der Waals surface area contributed by atoms with Gasteiger partial charge in [0.15, 0.2) is 0 Å². The molecular weight excluding hydrogens is 268 g/mol. The number of carbonyl (C=O) groups is 2. The Kier molecular flexibility index (Phi) is 3.92. The van der Waals surface area contributed by atoms with Crippen molar-refractivity contribution in [1.82, 2.24) is 4.90 Å². The summed E-state index contributed by atoms with van der Waals surface area (Å²) in [5.74, 6) is 0.499. The Balaban J connectivity index is 1.72. The van der Waals surface area contributed by atoms with Crippen LogP contribution < -0.4 is 5.32 Å². The smallest absolute Gasteiger partial charge is 0.253 e. The van der Waals surface area contributed by atoms with Crippen molar-refractivity contribution in [3.8, 4) is 0 Å². The van der Waals surface area contributed by atoms with Crippen LogP contribution in [0.1, 0.15) is 35.2 Å². The Morgan fingerprint density at radius 1 is 1.38 bits per heavy atom. The van der Waals surface area contributed by atoms with Crippen molar-refractivity contribution < 1.29 is 14.7 Å². The van der Waals surface area contributed by atoms with Gasteiger partial charge in [0, 0.05) is 37.4 Å². The average Bonchev–Trinajstić information content (AvgIpc) is 2.95. The quantitative estimate of drug-likeness (QED) is 0.883. The van der Waals surface area contributed by atoms with Crippen LogP contribution in [0.3, 0.4) is 0 Å². The Bertz CT molecular complexity index is 571. The van der Waals surface area contributed by atoms with Crippen molar-refractivity contribution in [3.05, 3.63) is 29.3 Å². The molecule has 1 aromatic carbocycles. The Morgan fingerprint density at radius 2 is 2.24 bits per heavy atom. The first kappa shape index (κ1) is 14.1. The van der Waals surface area contributed by atoms with E-state index in [0.717, 1.165) is 37.2 Å². The van der Waals surface area contributed by atoms with Gasteiger partial charge >= 0.3 is 0 Å². The lowest BCUT2D eigenvalue weighted by molar-refractivity contribution is -0.116. The molecule has 1 unspecified atom stereocenters. The van der Waals surface area contributed by atoms with E-state index in [0.29, 0.717) is 24.3 Å². The van der Waals surface area contributed by atoms with Crippen LogP contribution in [-0.2, 0) is 11.2 Å². The first-order valence-corrected chi connectivity index (χ1v) is 7.50. The summed E-state index contributed by atoms with van der Waals surface area (Å²) >= 11 is 0. The van der Waals surface area contributed by atoms with Gasteiger partial charge in [-0.2, -0.15) is 0 Å². The monoisotopic (exact) mass is 288 g/mol. The van der Waals surface area contributed by atoms with Crippen LogP contribution in [-0.4, -0.2) is 41.5 Å². The highest BCUT2D eigenvalue weighted by Gasteiger charge is 2.27. The predicted molar refractivity (Wildman–Crippen MR) is 79.1 cm³/mol. The molecule has 2 aliphatic heterocycles. The van der Waals surface area contributed by atoms with Crippen molar-refractivity contribution in [3.63, 3.8) is 0 Å². The summed E-state index contributed by atoms with van der Waals surface area (Å²) in [6.07, 6.45) is 2.90. The average molecular weight is 288 g/mol. The number of nitrogens with one attached hydrogen (secondary N) is 1. The molecular formula is C16H20N2O3. The number of likely N-dealkylation sites (tertiary alicyclic amines) is 1. The van der Waals surface area contributed by atoms with Crippen molar-refractivity contribution in [1.29, 1.82) is 0 Å². The van der Waals surface area contributed by atoms with Crippen molar-refractivity contribution in [2.75, 3.05) is 25.0 Å². The van der Waals surface area contributed by atoms with E-state index in [-0.39, 0.29) is 18.4 Å². The summed E-state index contributed by atoms with van der Waals surface area (Å²) in [6.45, 7) is 1.68. The number of rotatable bonds is 3. The number of aliphatic hydroxyl groups excluding tert-OH is 1. The van der Waals surface area contributed by atoms with E-state index in [4.69, 9.17) is 5.11 Å². The Hall–Kier alpha value is -1.88. The molecule has 2 heterocycles. The Labute approximate surface area is 123 Å². The van der Waals surface area contributed by atoms with Crippen LogP contribution in [0.25, 0.3) is 0 Å². The number of benzene rings is 1. The molecule has 2 amide bonds. The molecule has 1 atom stereocenters. The minimum Gasteiger partial charge on any atom is -0.396 e. The number of amides is 2. The van der Waals surface area contributed by atoms with Gasteiger partial charge in [0.25, 0.3) is 5.91 Å². The number of aliphatic hydroxyl groups is 1. The maximum Gasteiger partial charge on any atom is 0.253 e. The number of hydrogen-bond donors (Lipinski definition) is 2. The summed E-state index contributed by atoms with van der Waals surface area (Å²) in [7, 11) is 0. The maximum atomic E-state index is 12.5. The third-order valence-electron chi connectivity index (χ3n) is 4.36. The van der Waals surface area contributed by atoms with Crippen LogP contribution in [0, 0.1) is 5.92 Å². The Morgan fingerprint density at radius 3 is 3.05 bits per heavy atom. The van der Waals surface area contributed by atoms with Gasteiger partial charge in [0.05, 0.1) is 0 Å². The molecule has 0 aliphatic carbocycles. The van der Waals surface area contributed by atoms with E-state index in [1.165, 1.54) is 0 Å². The molecule has 1 saturated heterocycles. The van der Waals surface area contributed by atoms with Gasteiger partial charge in [-0.15, -0.1) is 0 Å². The molecule has 5 nitrogen and oxygen atoms in total. The van der Waals surface area contributed by atoms with Crippen molar-refractivity contribution >= 4 is 17.5 Å². The number of aryl methyl sites for hydroxylation is 1. The summed E-state index contributed by atoms with van der Waals surface area (Å²) in [6, 6.07) is 5.50. The molecule has 3 rings (SSSR count). The molecule has 0 aromatic heterocycles.